The molecule has 8 heteroatoms. The Labute approximate surface area is 170 Å². The van der Waals surface area contributed by atoms with Crippen LogP contribution in [0.2, 0.25) is 0 Å². The number of carbonyl (C=O) groups is 2. The highest BCUT2D eigenvalue weighted by molar-refractivity contribution is 7.89. The number of para-hydroxylation sites is 1. The predicted molar refractivity (Wildman–Crippen MR) is 109 cm³/mol. The molecule has 1 fully saturated rings. The summed E-state index contributed by atoms with van der Waals surface area (Å²) in [6.45, 7) is 2.51. The van der Waals surface area contributed by atoms with E-state index in [1.807, 2.05) is 0 Å². The Bertz CT molecular complexity index is 968. The summed E-state index contributed by atoms with van der Waals surface area (Å²) in [6.07, 6.45) is 0.832. The number of benzene rings is 2. The number of piperidine rings is 1. The quantitative estimate of drug-likeness (QED) is 0.731. The average Bonchev–Trinajstić information content (AvgIpc) is 2.75. The summed E-state index contributed by atoms with van der Waals surface area (Å²) in [7, 11) is -3.55. The van der Waals surface area contributed by atoms with E-state index in [9.17, 15) is 18.0 Å². The lowest BCUT2D eigenvalue weighted by Crippen LogP contribution is -2.41. The van der Waals surface area contributed by atoms with E-state index in [1.165, 1.54) is 4.31 Å². The van der Waals surface area contributed by atoms with E-state index >= 15 is 0 Å². The molecule has 1 N–H and O–H groups in total. The fourth-order valence-electron chi connectivity index (χ4n) is 3.31. The standard InChI is InChI=1S/C21H24N2O5S/c1-2-28-21(25)18-10-6-7-11-19(18)22-20(24)16-12-14-23(15-13-16)29(26,27)17-8-4-3-5-9-17/h3-11,16H,2,12-15H2,1H3,(H,22,24). The van der Waals surface area contributed by atoms with E-state index in [4.69, 9.17) is 4.74 Å². The second-order valence-electron chi connectivity index (χ2n) is 6.75. The maximum absolute atomic E-state index is 12.7. The van der Waals surface area contributed by atoms with Gasteiger partial charge < -0.3 is 10.1 Å². The van der Waals surface area contributed by atoms with Crippen molar-refractivity contribution < 1.29 is 22.7 Å². The molecule has 0 spiro atoms. The van der Waals surface area contributed by atoms with Crippen LogP contribution in [0.25, 0.3) is 0 Å². The van der Waals surface area contributed by atoms with Crippen molar-refractivity contribution in [1.82, 2.24) is 4.31 Å². The third-order valence-corrected chi connectivity index (χ3v) is 6.80. The predicted octanol–water partition coefficient (Wildman–Crippen LogP) is 2.90. The van der Waals surface area contributed by atoms with Gasteiger partial charge in [0.15, 0.2) is 0 Å². The minimum absolute atomic E-state index is 0.224. The van der Waals surface area contributed by atoms with Crippen LogP contribution in [0.4, 0.5) is 5.69 Å². The number of hydrogen-bond acceptors (Lipinski definition) is 5. The highest BCUT2D eigenvalue weighted by atomic mass is 32.2. The van der Waals surface area contributed by atoms with Crippen LogP contribution in [0.1, 0.15) is 30.1 Å². The molecular formula is C21H24N2O5S. The Balaban J connectivity index is 1.64. The molecule has 1 aliphatic rings. The molecule has 1 heterocycles. The zero-order chi connectivity index (χ0) is 20.9. The number of hydrogen-bond donors (Lipinski definition) is 1. The van der Waals surface area contributed by atoms with Gasteiger partial charge in [-0.3, -0.25) is 4.79 Å². The lowest BCUT2D eigenvalue weighted by molar-refractivity contribution is -0.120. The zero-order valence-corrected chi connectivity index (χ0v) is 17.0. The molecule has 1 amide bonds. The van der Waals surface area contributed by atoms with Gasteiger partial charge in [0.2, 0.25) is 15.9 Å². The Morgan fingerprint density at radius 1 is 1.03 bits per heavy atom. The molecule has 7 nitrogen and oxygen atoms in total. The molecular weight excluding hydrogens is 392 g/mol. The molecule has 154 valence electrons. The van der Waals surface area contributed by atoms with E-state index in [2.05, 4.69) is 5.32 Å². The second kappa shape index (κ2) is 9.19. The number of amides is 1. The fraction of sp³-hybridized carbons (Fsp3) is 0.333. The summed E-state index contributed by atoms with van der Waals surface area (Å²) in [4.78, 5) is 25.0. The number of nitrogens with one attached hydrogen (secondary N) is 1. The molecule has 3 rings (SSSR count). The van der Waals surface area contributed by atoms with Gasteiger partial charge in [-0.15, -0.1) is 0 Å². The summed E-state index contributed by atoms with van der Waals surface area (Å²) >= 11 is 0. The third kappa shape index (κ3) is 4.83. The Morgan fingerprint density at radius 2 is 1.66 bits per heavy atom. The summed E-state index contributed by atoms with van der Waals surface area (Å²) in [5.74, 6) is -1.04. The first kappa shape index (κ1) is 21.0. The van der Waals surface area contributed by atoms with Crippen LogP contribution in [0.5, 0.6) is 0 Å². The van der Waals surface area contributed by atoms with Gasteiger partial charge in [-0.05, 0) is 44.0 Å². The van der Waals surface area contributed by atoms with Gasteiger partial charge in [-0.1, -0.05) is 30.3 Å². The molecule has 0 aliphatic carbocycles. The first-order valence-corrected chi connectivity index (χ1v) is 11.0. The van der Waals surface area contributed by atoms with E-state index in [0.29, 0.717) is 24.1 Å². The molecule has 0 aromatic heterocycles. The molecule has 29 heavy (non-hydrogen) atoms. The molecule has 0 saturated carbocycles. The first-order valence-electron chi connectivity index (χ1n) is 9.55. The van der Waals surface area contributed by atoms with Gasteiger partial charge in [-0.2, -0.15) is 4.31 Å². The fourth-order valence-corrected chi connectivity index (χ4v) is 4.80. The number of nitrogens with zero attached hydrogens (tertiary/aromatic N) is 1. The van der Waals surface area contributed by atoms with Crippen molar-refractivity contribution in [2.75, 3.05) is 25.0 Å². The maximum Gasteiger partial charge on any atom is 0.340 e. The van der Waals surface area contributed by atoms with Crippen LogP contribution in [-0.2, 0) is 19.6 Å². The Morgan fingerprint density at radius 3 is 2.31 bits per heavy atom. The number of anilines is 1. The van der Waals surface area contributed by atoms with Crippen molar-refractivity contribution in [3.63, 3.8) is 0 Å². The minimum Gasteiger partial charge on any atom is -0.462 e. The lowest BCUT2D eigenvalue weighted by Gasteiger charge is -2.30. The lowest BCUT2D eigenvalue weighted by atomic mass is 9.97. The number of ether oxygens (including phenoxy) is 1. The van der Waals surface area contributed by atoms with E-state index in [1.54, 1.807) is 61.5 Å². The average molecular weight is 416 g/mol. The highest BCUT2D eigenvalue weighted by Gasteiger charge is 2.32. The van der Waals surface area contributed by atoms with Gasteiger partial charge in [0.1, 0.15) is 0 Å². The molecule has 0 unspecified atom stereocenters. The van der Waals surface area contributed by atoms with Crippen molar-refractivity contribution in [2.24, 2.45) is 5.92 Å². The Hall–Kier alpha value is -2.71. The normalized spacial score (nSPS) is 15.6. The molecule has 1 saturated heterocycles. The smallest absolute Gasteiger partial charge is 0.340 e. The van der Waals surface area contributed by atoms with Crippen LogP contribution in [0.3, 0.4) is 0 Å². The van der Waals surface area contributed by atoms with Gasteiger partial charge in [0.05, 0.1) is 22.8 Å². The van der Waals surface area contributed by atoms with E-state index in [0.717, 1.165) is 0 Å². The van der Waals surface area contributed by atoms with Gasteiger partial charge in [-0.25, -0.2) is 13.2 Å². The Kier molecular flexibility index (Phi) is 6.66. The van der Waals surface area contributed by atoms with Gasteiger partial charge in [0, 0.05) is 19.0 Å². The van der Waals surface area contributed by atoms with Gasteiger partial charge >= 0.3 is 5.97 Å². The number of sulfonamides is 1. The number of esters is 1. The van der Waals surface area contributed by atoms with Crippen molar-refractivity contribution >= 4 is 27.6 Å². The first-order chi connectivity index (χ1) is 13.9. The SMILES string of the molecule is CCOC(=O)c1ccccc1NC(=O)C1CCN(S(=O)(=O)c2ccccc2)CC1. The summed E-state index contributed by atoms with van der Waals surface area (Å²) in [5, 5.41) is 2.80. The highest BCUT2D eigenvalue weighted by Crippen LogP contribution is 2.25. The summed E-state index contributed by atoms with van der Waals surface area (Å²) in [6, 6.07) is 15.0. The number of rotatable bonds is 6. The number of carbonyl (C=O) groups excluding carboxylic acids is 2. The molecule has 1 aliphatic heterocycles. The van der Waals surface area contributed by atoms with Crippen molar-refractivity contribution in [2.45, 2.75) is 24.7 Å². The maximum atomic E-state index is 12.7. The molecule has 2 aromatic carbocycles. The van der Waals surface area contributed by atoms with Gasteiger partial charge in [0.25, 0.3) is 0 Å². The topological polar surface area (TPSA) is 92.8 Å². The summed E-state index contributed by atoms with van der Waals surface area (Å²) < 4.78 is 31.9. The molecule has 0 bridgehead atoms. The van der Waals surface area contributed by atoms with Crippen LogP contribution in [0, 0.1) is 5.92 Å². The van der Waals surface area contributed by atoms with Crippen LogP contribution < -0.4 is 5.32 Å². The largest absolute Gasteiger partial charge is 0.462 e. The van der Waals surface area contributed by atoms with Crippen molar-refractivity contribution in [3.8, 4) is 0 Å². The second-order valence-corrected chi connectivity index (χ2v) is 8.68. The molecule has 0 atom stereocenters. The minimum atomic E-state index is -3.55. The van der Waals surface area contributed by atoms with Crippen LogP contribution in [0.15, 0.2) is 59.5 Å². The summed E-state index contributed by atoms with van der Waals surface area (Å²) in [5.41, 5.74) is 0.696. The zero-order valence-electron chi connectivity index (χ0n) is 16.2. The van der Waals surface area contributed by atoms with E-state index < -0.39 is 16.0 Å². The van der Waals surface area contributed by atoms with Crippen molar-refractivity contribution in [3.05, 3.63) is 60.2 Å². The third-order valence-electron chi connectivity index (χ3n) is 4.89. The monoisotopic (exact) mass is 416 g/mol. The molecule has 2 aromatic rings. The van der Waals surface area contributed by atoms with Crippen molar-refractivity contribution in [1.29, 1.82) is 0 Å². The van der Waals surface area contributed by atoms with Crippen LogP contribution in [-0.4, -0.2) is 44.3 Å². The van der Waals surface area contributed by atoms with E-state index in [-0.39, 0.29) is 36.4 Å². The van der Waals surface area contributed by atoms with Crippen LogP contribution >= 0.6 is 0 Å². The molecule has 0 radical (unpaired) electrons.